The van der Waals surface area contributed by atoms with Gasteiger partial charge in [0, 0.05) is 25.1 Å². The number of anilines is 1. The summed E-state index contributed by atoms with van der Waals surface area (Å²) in [5.41, 5.74) is 4.36. The molecule has 0 spiro atoms. The van der Waals surface area contributed by atoms with Crippen LogP contribution >= 0.6 is 0 Å². The lowest BCUT2D eigenvalue weighted by atomic mass is 10.2. The topological polar surface area (TPSA) is 55.1 Å². The highest BCUT2D eigenvalue weighted by Gasteiger charge is 2.04. The highest BCUT2D eigenvalue weighted by Crippen LogP contribution is 2.10. The van der Waals surface area contributed by atoms with E-state index in [0.29, 0.717) is 12.5 Å². The van der Waals surface area contributed by atoms with Crippen molar-refractivity contribution in [3.63, 3.8) is 0 Å². The minimum atomic E-state index is 0.633. The predicted molar refractivity (Wildman–Crippen MR) is 74.0 cm³/mol. The van der Waals surface area contributed by atoms with E-state index >= 15 is 0 Å². The molecule has 0 saturated carbocycles. The van der Waals surface area contributed by atoms with Crippen LogP contribution in [0.3, 0.4) is 0 Å². The minimum Gasteiger partial charge on any atom is -0.349 e. The zero-order valence-corrected chi connectivity index (χ0v) is 11.0. The molecule has 0 aliphatic carbocycles. The molecule has 3 aromatic rings. The Balaban J connectivity index is 1.80. The fourth-order valence-corrected chi connectivity index (χ4v) is 1.92. The summed E-state index contributed by atoms with van der Waals surface area (Å²) in [6.45, 7) is 4.78. The number of hydrogen-bond acceptors (Lipinski definition) is 4. The van der Waals surface area contributed by atoms with Crippen LogP contribution in [0.2, 0.25) is 0 Å². The second-order valence-electron chi connectivity index (χ2n) is 4.60. The van der Waals surface area contributed by atoms with Gasteiger partial charge in [-0.05, 0) is 42.7 Å². The minimum absolute atomic E-state index is 0.633. The Morgan fingerprint density at radius 2 is 2.11 bits per heavy atom. The van der Waals surface area contributed by atoms with Gasteiger partial charge < -0.3 is 5.32 Å². The maximum Gasteiger partial charge on any atom is 0.243 e. The van der Waals surface area contributed by atoms with Crippen molar-refractivity contribution in [1.29, 1.82) is 0 Å². The van der Waals surface area contributed by atoms with E-state index in [-0.39, 0.29) is 0 Å². The van der Waals surface area contributed by atoms with Gasteiger partial charge in [-0.25, -0.2) is 4.52 Å². The molecule has 0 bridgehead atoms. The first-order chi connectivity index (χ1) is 9.22. The average Bonchev–Trinajstić information content (AvgIpc) is 2.79. The largest absolute Gasteiger partial charge is 0.349 e. The molecule has 0 aliphatic heterocycles. The second-order valence-corrected chi connectivity index (χ2v) is 4.60. The zero-order chi connectivity index (χ0) is 13.2. The van der Waals surface area contributed by atoms with E-state index in [4.69, 9.17) is 0 Å². The predicted octanol–water partition coefficient (Wildman–Crippen LogP) is 2.35. The van der Waals surface area contributed by atoms with Gasteiger partial charge in [-0.15, -0.1) is 5.10 Å². The number of pyridine rings is 2. The van der Waals surface area contributed by atoms with Crippen LogP contribution in [0.4, 0.5) is 5.95 Å². The van der Waals surface area contributed by atoms with Gasteiger partial charge in [0.2, 0.25) is 5.95 Å². The molecule has 0 atom stereocenters. The number of fused-ring (bicyclic) bond motifs is 1. The van der Waals surface area contributed by atoms with Crippen molar-refractivity contribution in [2.45, 2.75) is 20.4 Å². The third-order valence-electron chi connectivity index (χ3n) is 3.06. The maximum absolute atomic E-state index is 4.42. The Kier molecular flexibility index (Phi) is 2.87. The van der Waals surface area contributed by atoms with Crippen molar-refractivity contribution in [3.05, 3.63) is 53.5 Å². The van der Waals surface area contributed by atoms with Crippen LogP contribution in [0, 0.1) is 13.8 Å². The third kappa shape index (κ3) is 2.40. The quantitative estimate of drug-likeness (QED) is 0.778. The molecule has 19 heavy (non-hydrogen) atoms. The van der Waals surface area contributed by atoms with Crippen molar-refractivity contribution in [1.82, 2.24) is 19.6 Å². The summed E-state index contributed by atoms with van der Waals surface area (Å²) >= 11 is 0. The van der Waals surface area contributed by atoms with Crippen molar-refractivity contribution >= 4 is 11.6 Å². The van der Waals surface area contributed by atoms with Gasteiger partial charge in [0.15, 0.2) is 5.65 Å². The van der Waals surface area contributed by atoms with Crippen molar-refractivity contribution in [3.8, 4) is 0 Å². The molecule has 1 N–H and O–H groups in total. The number of hydrogen-bond donors (Lipinski definition) is 1. The fraction of sp³-hybridized carbons (Fsp3) is 0.214. The summed E-state index contributed by atoms with van der Waals surface area (Å²) in [7, 11) is 0. The Bertz CT molecular complexity index is 717. The molecule has 3 aromatic heterocycles. The first kappa shape index (κ1) is 11.6. The third-order valence-corrected chi connectivity index (χ3v) is 3.06. The summed E-state index contributed by atoms with van der Waals surface area (Å²) in [5, 5.41) is 7.62. The van der Waals surface area contributed by atoms with Crippen LogP contribution < -0.4 is 5.32 Å². The molecular formula is C14H15N5. The second kappa shape index (κ2) is 4.68. The molecule has 0 amide bonds. The van der Waals surface area contributed by atoms with Crippen LogP contribution in [0.5, 0.6) is 0 Å². The Morgan fingerprint density at radius 3 is 2.95 bits per heavy atom. The molecular weight excluding hydrogens is 238 g/mol. The Labute approximate surface area is 111 Å². The molecule has 3 rings (SSSR count). The Hall–Kier alpha value is -2.43. The van der Waals surface area contributed by atoms with Crippen molar-refractivity contribution in [2.24, 2.45) is 0 Å². The number of aromatic nitrogens is 4. The van der Waals surface area contributed by atoms with E-state index in [0.717, 1.165) is 16.8 Å². The van der Waals surface area contributed by atoms with Crippen LogP contribution in [-0.2, 0) is 6.54 Å². The highest BCUT2D eigenvalue weighted by molar-refractivity contribution is 5.44. The molecule has 3 heterocycles. The molecule has 0 radical (unpaired) electrons. The molecule has 0 saturated heterocycles. The summed E-state index contributed by atoms with van der Waals surface area (Å²) < 4.78 is 1.79. The molecule has 5 heteroatoms. The summed E-state index contributed by atoms with van der Waals surface area (Å²) in [5.74, 6) is 0.633. The van der Waals surface area contributed by atoms with E-state index < -0.39 is 0 Å². The molecule has 0 aromatic carbocycles. The molecule has 0 unspecified atom stereocenters. The normalized spacial score (nSPS) is 10.8. The average molecular weight is 253 g/mol. The van der Waals surface area contributed by atoms with Crippen molar-refractivity contribution in [2.75, 3.05) is 5.32 Å². The monoisotopic (exact) mass is 253 g/mol. The smallest absolute Gasteiger partial charge is 0.243 e. The lowest BCUT2D eigenvalue weighted by Crippen LogP contribution is -2.03. The van der Waals surface area contributed by atoms with Crippen LogP contribution in [-0.4, -0.2) is 19.6 Å². The Morgan fingerprint density at radius 1 is 1.21 bits per heavy atom. The van der Waals surface area contributed by atoms with Gasteiger partial charge in [-0.2, -0.15) is 4.98 Å². The number of rotatable bonds is 3. The number of nitrogens with one attached hydrogen (secondary N) is 1. The lowest BCUT2D eigenvalue weighted by Gasteiger charge is -2.04. The van der Waals surface area contributed by atoms with Gasteiger partial charge >= 0.3 is 0 Å². The van der Waals surface area contributed by atoms with Crippen LogP contribution in [0.1, 0.15) is 16.7 Å². The van der Waals surface area contributed by atoms with Gasteiger partial charge in [-0.1, -0.05) is 6.07 Å². The van der Waals surface area contributed by atoms with Crippen LogP contribution in [0.25, 0.3) is 5.65 Å². The van der Waals surface area contributed by atoms with Gasteiger partial charge in [0.05, 0.1) is 0 Å². The van der Waals surface area contributed by atoms with E-state index in [2.05, 4.69) is 27.3 Å². The SMILES string of the molecule is Cc1ccc2nc(NCc3cnccc3C)nn2c1. The first-order valence-corrected chi connectivity index (χ1v) is 6.19. The highest BCUT2D eigenvalue weighted by atomic mass is 15.3. The number of aryl methyl sites for hydroxylation is 2. The molecule has 0 aliphatic rings. The standard InChI is InChI=1S/C14H15N5/c1-10-3-4-13-17-14(18-19(13)9-10)16-8-12-7-15-6-5-11(12)2/h3-7,9H,8H2,1-2H3,(H,16,18). The van der Waals surface area contributed by atoms with E-state index in [1.54, 1.807) is 10.7 Å². The lowest BCUT2D eigenvalue weighted by molar-refractivity contribution is 0.939. The summed E-state index contributed by atoms with van der Waals surface area (Å²) in [6.07, 6.45) is 5.62. The van der Waals surface area contributed by atoms with Gasteiger partial charge in [-0.3, -0.25) is 4.98 Å². The zero-order valence-electron chi connectivity index (χ0n) is 11.0. The molecule has 96 valence electrons. The first-order valence-electron chi connectivity index (χ1n) is 6.19. The van der Waals surface area contributed by atoms with E-state index in [1.807, 2.05) is 37.5 Å². The summed E-state index contributed by atoms with van der Waals surface area (Å²) in [6, 6.07) is 5.99. The molecule has 0 fully saturated rings. The summed E-state index contributed by atoms with van der Waals surface area (Å²) in [4.78, 5) is 8.55. The van der Waals surface area contributed by atoms with Crippen molar-refractivity contribution < 1.29 is 0 Å². The molecule has 5 nitrogen and oxygen atoms in total. The maximum atomic E-state index is 4.42. The van der Waals surface area contributed by atoms with Gasteiger partial charge in [0.1, 0.15) is 0 Å². The van der Waals surface area contributed by atoms with Gasteiger partial charge in [0.25, 0.3) is 0 Å². The van der Waals surface area contributed by atoms with E-state index in [1.165, 1.54) is 5.56 Å². The number of nitrogens with zero attached hydrogens (tertiary/aromatic N) is 4. The van der Waals surface area contributed by atoms with E-state index in [9.17, 15) is 0 Å². The fourth-order valence-electron chi connectivity index (χ4n) is 1.92. The van der Waals surface area contributed by atoms with Crippen LogP contribution in [0.15, 0.2) is 36.8 Å².